The molecular weight excluding hydrogens is 205 g/mol. The smallest absolute Gasteiger partial charge is 0.194 e. The van der Waals surface area contributed by atoms with Gasteiger partial charge in [0.1, 0.15) is 0 Å². The average Bonchev–Trinajstić information content (AvgIpc) is 2.12. The quantitative estimate of drug-likeness (QED) is 0.718. The van der Waals surface area contributed by atoms with Gasteiger partial charge in [0.2, 0.25) is 0 Å². The van der Waals surface area contributed by atoms with Crippen LogP contribution in [0.25, 0.3) is 0 Å². The van der Waals surface area contributed by atoms with Crippen molar-refractivity contribution in [3.8, 4) is 0 Å². The van der Waals surface area contributed by atoms with Crippen molar-refractivity contribution in [3.63, 3.8) is 0 Å². The molecule has 1 atom stereocenters. The van der Waals surface area contributed by atoms with E-state index in [0.29, 0.717) is 0 Å². The first kappa shape index (κ1) is 12.0. The van der Waals surface area contributed by atoms with E-state index in [1.165, 1.54) is 0 Å². The van der Waals surface area contributed by atoms with E-state index < -0.39 is 29.0 Å². The largest absolute Gasteiger partial charge is 0.388 e. The molecule has 1 aromatic carbocycles. The van der Waals surface area contributed by atoms with Crippen molar-refractivity contribution in [2.45, 2.75) is 26.9 Å². The molecule has 0 amide bonds. The molecular formula is C11H13F3O. The maximum atomic E-state index is 13.3. The minimum atomic E-state index is -1.55. The second-order valence-electron chi connectivity index (χ2n) is 4.53. The second-order valence-corrected chi connectivity index (χ2v) is 4.53. The Balaban J connectivity index is 3.23. The minimum Gasteiger partial charge on any atom is -0.388 e. The maximum absolute atomic E-state index is 13.3. The van der Waals surface area contributed by atoms with Gasteiger partial charge in [-0.15, -0.1) is 0 Å². The Morgan fingerprint density at radius 3 is 2.07 bits per heavy atom. The molecule has 84 valence electrons. The molecule has 1 unspecified atom stereocenters. The number of hydrogen-bond acceptors (Lipinski definition) is 1. The number of halogens is 3. The van der Waals surface area contributed by atoms with E-state index >= 15 is 0 Å². The first-order valence-electron chi connectivity index (χ1n) is 4.56. The molecule has 0 saturated heterocycles. The molecule has 0 spiro atoms. The third-order valence-electron chi connectivity index (χ3n) is 2.18. The van der Waals surface area contributed by atoms with Gasteiger partial charge in [-0.1, -0.05) is 26.8 Å². The van der Waals surface area contributed by atoms with Gasteiger partial charge < -0.3 is 5.11 Å². The predicted octanol–water partition coefficient (Wildman–Crippen LogP) is 3.18. The fourth-order valence-electron chi connectivity index (χ4n) is 1.22. The molecule has 0 bridgehead atoms. The molecule has 0 aliphatic heterocycles. The summed E-state index contributed by atoms with van der Waals surface area (Å²) in [4.78, 5) is 0. The van der Waals surface area contributed by atoms with E-state index in [2.05, 4.69) is 0 Å². The number of rotatable bonds is 1. The lowest BCUT2D eigenvalue weighted by atomic mass is 9.84. The van der Waals surface area contributed by atoms with Gasteiger partial charge in [0.15, 0.2) is 17.5 Å². The van der Waals surface area contributed by atoms with Crippen molar-refractivity contribution in [2.24, 2.45) is 5.41 Å². The lowest BCUT2D eigenvalue weighted by molar-refractivity contribution is 0.0586. The van der Waals surface area contributed by atoms with Crippen LogP contribution in [0.1, 0.15) is 32.4 Å². The van der Waals surface area contributed by atoms with Crippen LogP contribution >= 0.6 is 0 Å². The zero-order chi connectivity index (χ0) is 11.8. The molecule has 0 heterocycles. The van der Waals surface area contributed by atoms with Crippen molar-refractivity contribution >= 4 is 0 Å². The molecule has 0 aliphatic carbocycles. The molecule has 0 fully saturated rings. The van der Waals surface area contributed by atoms with E-state index in [0.717, 1.165) is 12.1 Å². The highest BCUT2D eigenvalue weighted by Gasteiger charge is 2.28. The van der Waals surface area contributed by atoms with E-state index in [1.807, 2.05) is 0 Å². The summed E-state index contributed by atoms with van der Waals surface area (Å²) >= 11 is 0. The van der Waals surface area contributed by atoms with Gasteiger partial charge in [0, 0.05) is 5.56 Å². The first-order valence-corrected chi connectivity index (χ1v) is 4.56. The Morgan fingerprint density at radius 2 is 1.60 bits per heavy atom. The summed E-state index contributed by atoms with van der Waals surface area (Å²) in [5.74, 6) is -4.12. The topological polar surface area (TPSA) is 20.2 Å². The zero-order valence-corrected chi connectivity index (χ0v) is 8.81. The average molecular weight is 218 g/mol. The Labute approximate surface area is 86.5 Å². The minimum absolute atomic E-state index is 0.221. The third kappa shape index (κ3) is 2.31. The summed E-state index contributed by atoms with van der Waals surface area (Å²) in [6.07, 6.45) is -1.17. The summed E-state index contributed by atoms with van der Waals surface area (Å²) in [6.45, 7) is 5.04. The van der Waals surface area contributed by atoms with Gasteiger partial charge in [-0.2, -0.15) is 0 Å². The second kappa shape index (κ2) is 3.85. The van der Waals surface area contributed by atoms with E-state index in [1.54, 1.807) is 20.8 Å². The Kier molecular flexibility index (Phi) is 3.09. The summed E-state index contributed by atoms with van der Waals surface area (Å²) in [5, 5.41) is 9.72. The summed E-state index contributed by atoms with van der Waals surface area (Å²) in [5.41, 5.74) is -0.855. The lowest BCUT2D eigenvalue weighted by Crippen LogP contribution is -2.19. The van der Waals surface area contributed by atoms with E-state index in [9.17, 15) is 18.3 Å². The molecule has 0 radical (unpaired) electrons. The van der Waals surface area contributed by atoms with Crippen LogP contribution < -0.4 is 0 Å². The van der Waals surface area contributed by atoms with Crippen LogP contribution in [0.2, 0.25) is 0 Å². The predicted molar refractivity (Wildman–Crippen MR) is 50.7 cm³/mol. The van der Waals surface area contributed by atoms with Gasteiger partial charge in [-0.05, 0) is 11.5 Å². The fraction of sp³-hybridized carbons (Fsp3) is 0.455. The van der Waals surface area contributed by atoms with Crippen molar-refractivity contribution < 1.29 is 18.3 Å². The SMILES string of the molecule is CC(C)(C)C(O)c1ccc(F)c(F)c1F. The van der Waals surface area contributed by atoms with Crippen LogP contribution in [0.3, 0.4) is 0 Å². The Bertz CT molecular complexity index is 369. The number of benzene rings is 1. The van der Waals surface area contributed by atoms with E-state index in [4.69, 9.17) is 0 Å². The molecule has 1 aromatic rings. The summed E-state index contributed by atoms with van der Waals surface area (Å²) < 4.78 is 38.8. The molecule has 1 nitrogen and oxygen atoms in total. The van der Waals surface area contributed by atoms with Crippen LogP contribution in [-0.4, -0.2) is 5.11 Å². The first-order chi connectivity index (χ1) is 6.75. The molecule has 15 heavy (non-hydrogen) atoms. The maximum Gasteiger partial charge on any atom is 0.194 e. The molecule has 0 aromatic heterocycles. The highest BCUT2D eigenvalue weighted by Crippen LogP contribution is 2.34. The molecule has 0 saturated carbocycles. The van der Waals surface area contributed by atoms with E-state index in [-0.39, 0.29) is 5.56 Å². The summed E-state index contributed by atoms with van der Waals surface area (Å²) in [6, 6.07) is 1.87. The van der Waals surface area contributed by atoms with Crippen LogP contribution in [-0.2, 0) is 0 Å². The molecule has 4 heteroatoms. The monoisotopic (exact) mass is 218 g/mol. The number of hydrogen-bond donors (Lipinski definition) is 1. The standard InChI is InChI=1S/C11H13F3O/c1-11(2,3)10(15)6-4-5-7(12)9(14)8(6)13/h4-5,10,15H,1-3H3. The number of aliphatic hydroxyl groups is 1. The van der Waals surface area contributed by atoms with Gasteiger partial charge >= 0.3 is 0 Å². The fourth-order valence-corrected chi connectivity index (χ4v) is 1.22. The van der Waals surface area contributed by atoms with Crippen molar-refractivity contribution in [3.05, 3.63) is 35.1 Å². The normalized spacial score (nSPS) is 14.1. The highest BCUT2D eigenvalue weighted by atomic mass is 19.2. The van der Waals surface area contributed by atoms with Crippen LogP contribution in [0.4, 0.5) is 13.2 Å². The van der Waals surface area contributed by atoms with Crippen molar-refractivity contribution in [1.29, 1.82) is 0 Å². The van der Waals surface area contributed by atoms with Crippen LogP contribution in [0.15, 0.2) is 12.1 Å². The molecule has 0 aliphatic rings. The molecule has 1 rings (SSSR count). The van der Waals surface area contributed by atoms with Gasteiger partial charge in [0.05, 0.1) is 6.10 Å². The van der Waals surface area contributed by atoms with Crippen LogP contribution in [0, 0.1) is 22.9 Å². The third-order valence-corrected chi connectivity index (χ3v) is 2.18. The van der Waals surface area contributed by atoms with Gasteiger partial charge in [-0.25, -0.2) is 13.2 Å². The van der Waals surface area contributed by atoms with Gasteiger partial charge in [-0.3, -0.25) is 0 Å². The number of aliphatic hydroxyl groups excluding tert-OH is 1. The summed E-state index contributed by atoms with van der Waals surface area (Å²) in [7, 11) is 0. The lowest BCUT2D eigenvalue weighted by Gasteiger charge is -2.26. The van der Waals surface area contributed by atoms with Gasteiger partial charge in [0.25, 0.3) is 0 Å². The Hall–Kier alpha value is -1.03. The zero-order valence-electron chi connectivity index (χ0n) is 8.81. The molecule has 1 N–H and O–H groups in total. The Morgan fingerprint density at radius 1 is 1.07 bits per heavy atom. The van der Waals surface area contributed by atoms with Crippen LogP contribution in [0.5, 0.6) is 0 Å². The highest BCUT2D eigenvalue weighted by molar-refractivity contribution is 5.23. The van der Waals surface area contributed by atoms with Crippen molar-refractivity contribution in [1.82, 2.24) is 0 Å². The van der Waals surface area contributed by atoms with Crippen molar-refractivity contribution in [2.75, 3.05) is 0 Å².